The van der Waals surface area contributed by atoms with Crippen molar-refractivity contribution in [3.8, 4) is 0 Å². The second kappa shape index (κ2) is 7.19. The molecule has 0 spiro atoms. The van der Waals surface area contributed by atoms with Crippen molar-refractivity contribution in [3.05, 3.63) is 36.1 Å². The van der Waals surface area contributed by atoms with Gasteiger partial charge in [0.15, 0.2) is 0 Å². The van der Waals surface area contributed by atoms with Gasteiger partial charge in [0.25, 0.3) is 0 Å². The van der Waals surface area contributed by atoms with Crippen molar-refractivity contribution in [1.29, 1.82) is 0 Å². The molecule has 3 heteroatoms. The topological polar surface area (TPSA) is 34.4 Å². The van der Waals surface area contributed by atoms with E-state index in [1.807, 2.05) is 18.2 Å². The van der Waals surface area contributed by atoms with Crippen molar-refractivity contribution in [2.24, 2.45) is 0 Å². The molecule has 2 rings (SSSR count). The molecule has 3 nitrogen and oxygen atoms in total. The molecule has 1 aromatic heterocycles. The molecule has 0 amide bonds. The normalized spacial score (nSPS) is 11.2. The minimum Gasteiger partial charge on any atom is -0.460 e. The zero-order valence-electron chi connectivity index (χ0n) is 10.9. The van der Waals surface area contributed by atoms with Crippen LogP contribution in [0.15, 0.2) is 34.7 Å². The summed E-state index contributed by atoms with van der Waals surface area (Å²) in [4.78, 5) is 0. The molecule has 0 aliphatic rings. The lowest BCUT2D eigenvalue weighted by Gasteiger charge is -2.03. The van der Waals surface area contributed by atoms with Crippen molar-refractivity contribution in [1.82, 2.24) is 5.32 Å². The molecule has 1 N–H and O–H groups in total. The lowest BCUT2D eigenvalue weighted by molar-refractivity contribution is 0.132. The lowest BCUT2D eigenvalue weighted by Crippen LogP contribution is -2.16. The second-order valence-electron chi connectivity index (χ2n) is 4.39. The highest BCUT2D eigenvalue weighted by molar-refractivity contribution is 5.77. The van der Waals surface area contributed by atoms with Crippen molar-refractivity contribution in [3.63, 3.8) is 0 Å². The number of hydrogen-bond donors (Lipinski definition) is 1. The summed E-state index contributed by atoms with van der Waals surface area (Å²) in [5.41, 5.74) is 0.959. The van der Waals surface area contributed by atoms with Crippen LogP contribution in [0.3, 0.4) is 0 Å². The SMILES string of the molecule is CCCOCCCNCc1cc2ccccc2o1. The van der Waals surface area contributed by atoms with Gasteiger partial charge in [0, 0.05) is 18.6 Å². The van der Waals surface area contributed by atoms with Crippen molar-refractivity contribution in [2.75, 3.05) is 19.8 Å². The molecule has 1 heterocycles. The van der Waals surface area contributed by atoms with Gasteiger partial charge in [-0.25, -0.2) is 0 Å². The van der Waals surface area contributed by atoms with E-state index in [9.17, 15) is 0 Å². The highest BCUT2D eigenvalue weighted by Gasteiger charge is 2.01. The van der Waals surface area contributed by atoms with Gasteiger partial charge in [0.2, 0.25) is 0 Å². The van der Waals surface area contributed by atoms with Gasteiger partial charge in [-0.3, -0.25) is 0 Å². The van der Waals surface area contributed by atoms with E-state index < -0.39 is 0 Å². The van der Waals surface area contributed by atoms with Gasteiger partial charge < -0.3 is 14.5 Å². The molecule has 1 aromatic carbocycles. The Labute approximate surface area is 108 Å². The van der Waals surface area contributed by atoms with E-state index in [0.29, 0.717) is 0 Å². The van der Waals surface area contributed by atoms with Gasteiger partial charge in [0.05, 0.1) is 6.54 Å². The summed E-state index contributed by atoms with van der Waals surface area (Å²) < 4.78 is 11.1. The van der Waals surface area contributed by atoms with Crippen LogP contribution in [0.2, 0.25) is 0 Å². The first-order chi connectivity index (χ1) is 8.90. The van der Waals surface area contributed by atoms with Crippen molar-refractivity contribution >= 4 is 11.0 Å². The van der Waals surface area contributed by atoms with Crippen LogP contribution in [0.1, 0.15) is 25.5 Å². The third-order valence-corrected chi connectivity index (χ3v) is 2.77. The van der Waals surface area contributed by atoms with Gasteiger partial charge in [-0.2, -0.15) is 0 Å². The molecular formula is C15H21NO2. The van der Waals surface area contributed by atoms with Crippen LogP contribution in [0.25, 0.3) is 11.0 Å². The Balaban J connectivity index is 1.67. The van der Waals surface area contributed by atoms with E-state index >= 15 is 0 Å². The number of furan rings is 1. The van der Waals surface area contributed by atoms with E-state index in [1.54, 1.807) is 0 Å². The van der Waals surface area contributed by atoms with Crippen LogP contribution >= 0.6 is 0 Å². The first-order valence-electron chi connectivity index (χ1n) is 6.66. The van der Waals surface area contributed by atoms with E-state index in [-0.39, 0.29) is 0 Å². The quantitative estimate of drug-likeness (QED) is 0.726. The van der Waals surface area contributed by atoms with Crippen LogP contribution in [0.5, 0.6) is 0 Å². The molecule has 0 unspecified atom stereocenters. The van der Waals surface area contributed by atoms with Crippen molar-refractivity contribution in [2.45, 2.75) is 26.3 Å². The molecule has 0 bridgehead atoms. The number of rotatable bonds is 8. The molecule has 0 atom stereocenters. The Morgan fingerprint density at radius 2 is 2.11 bits per heavy atom. The fourth-order valence-electron chi connectivity index (χ4n) is 1.88. The summed E-state index contributed by atoms with van der Waals surface area (Å²) in [6.45, 7) is 5.56. The Kier molecular flexibility index (Phi) is 5.24. The predicted molar refractivity (Wildman–Crippen MR) is 73.6 cm³/mol. The van der Waals surface area contributed by atoms with Crippen LogP contribution in [0, 0.1) is 0 Å². The number of hydrogen-bond acceptors (Lipinski definition) is 3. The number of fused-ring (bicyclic) bond motifs is 1. The number of benzene rings is 1. The average Bonchev–Trinajstić information content (AvgIpc) is 2.80. The molecule has 0 saturated carbocycles. The number of para-hydroxylation sites is 1. The molecular weight excluding hydrogens is 226 g/mol. The molecule has 98 valence electrons. The summed E-state index contributed by atoms with van der Waals surface area (Å²) in [7, 11) is 0. The summed E-state index contributed by atoms with van der Waals surface area (Å²) in [5.74, 6) is 0.991. The van der Waals surface area contributed by atoms with Crippen LogP contribution in [-0.2, 0) is 11.3 Å². The summed E-state index contributed by atoms with van der Waals surface area (Å²) in [6.07, 6.45) is 2.13. The fraction of sp³-hybridized carbons (Fsp3) is 0.467. The summed E-state index contributed by atoms with van der Waals surface area (Å²) in [6, 6.07) is 10.2. The van der Waals surface area contributed by atoms with Crippen molar-refractivity contribution < 1.29 is 9.15 Å². The number of ether oxygens (including phenoxy) is 1. The molecule has 0 fully saturated rings. The Morgan fingerprint density at radius 3 is 2.94 bits per heavy atom. The average molecular weight is 247 g/mol. The Hall–Kier alpha value is -1.32. The standard InChI is InChI=1S/C15H21NO2/c1-2-9-17-10-5-8-16-12-14-11-13-6-3-4-7-15(13)18-14/h3-4,6-7,11,16H,2,5,8-10,12H2,1H3. The third kappa shape index (κ3) is 3.86. The zero-order chi connectivity index (χ0) is 12.6. The highest BCUT2D eigenvalue weighted by Crippen LogP contribution is 2.18. The minimum absolute atomic E-state index is 0.780. The smallest absolute Gasteiger partial charge is 0.134 e. The monoisotopic (exact) mass is 247 g/mol. The summed E-state index contributed by atoms with van der Waals surface area (Å²) in [5, 5.41) is 4.53. The predicted octanol–water partition coefficient (Wildman–Crippen LogP) is 3.34. The van der Waals surface area contributed by atoms with Gasteiger partial charge in [-0.05, 0) is 31.5 Å². The fourth-order valence-corrected chi connectivity index (χ4v) is 1.88. The maximum absolute atomic E-state index is 5.72. The largest absolute Gasteiger partial charge is 0.460 e. The molecule has 0 aliphatic carbocycles. The van der Waals surface area contributed by atoms with Gasteiger partial charge in [-0.15, -0.1) is 0 Å². The second-order valence-corrected chi connectivity index (χ2v) is 4.39. The first kappa shape index (κ1) is 13.1. The van der Waals surface area contributed by atoms with Gasteiger partial charge in [0.1, 0.15) is 11.3 Å². The zero-order valence-corrected chi connectivity index (χ0v) is 10.9. The Morgan fingerprint density at radius 1 is 1.22 bits per heavy atom. The van der Waals surface area contributed by atoms with Crippen LogP contribution < -0.4 is 5.32 Å². The van der Waals surface area contributed by atoms with Gasteiger partial charge >= 0.3 is 0 Å². The van der Waals surface area contributed by atoms with E-state index in [0.717, 1.165) is 50.5 Å². The highest BCUT2D eigenvalue weighted by atomic mass is 16.5. The lowest BCUT2D eigenvalue weighted by atomic mass is 10.2. The molecule has 18 heavy (non-hydrogen) atoms. The van der Waals surface area contributed by atoms with E-state index in [1.165, 1.54) is 5.39 Å². The molecule has 0 aliphatic heterocycles. The van der Waals surface area contributed by atoms with Crippen LogP contribution in [0.4, 0.5) is 0 Å². The third-order valence-electron chi connectivity index (χ3n) is 2.77. The molecule has 0 radical (unpaired) electrons. The Bertz CT molecular complexity index is 431. The van der Waals surface area contributed by atoms with E-state index in [2.05, 4.69) is 24.4 Å². The minimum atomic E-state index is 0.780. The number of nitrogens with one attached hydrogen (secondary N) is 1. The van der Waals surface area contributed by atoms with E-state index in [4.69, 9.17) is 9.15 Å². The maximum Gasteiger partial charge on any atom is 0.134 e. The molecule has 0 saturated heterocycles. The first-order valence-corrected chi connectivity index (χ1v) is 6.66. The maximum atomic E-state index is 5.72. The van der Waals surface area contributed by atoms with Gasteiger partial charge in [-0.1, -0.05) is 25.1 Å². The summed E-state index contributed by atoms with van der Waals surface area (Å²) >= 11 is 0. The van der Waals surface area contributed by atoms with Crippen LogP contribution in [-0.4, -0.2) is 19.8 Å². The molecule has 2 aromatic rings.